The number of rotatable bonds is 4. The van der Waals surface area contributed by atoms with E-state index in [1.807, 2.05) is 0 Å². The van der Waals surface area contributed by atoms with Crippen molar-refractivity contribution in [2.45, 2.75) is 33.1 Å². The third kappa shape index (κ3) is 3.41. The molecule has 0 radical (unpaired) electrons. The van der Waals surface area contributed by atoms with E-state index in [4.69, 9.17) is 4.74 Å². The first-order valence-electron chi connectivity index (χ1n) is 5.66. The lowest BCUT2D eigenvalue weighted by Crippen LogP contribution is -2.32. The van der Waals surface area contributed by atoms with Gasteiger partial charge in [-0.3, -0.25) is 4.79 Å². The molecule has 0 aliphatic heterocycles. The molecule has 1 aliphatic rings. The summed E-state index contributed by atoms with van der Waals surface area (Å²) in [6.45, 7) is 4.91. The Balaban J connectivity index is 2.74. The summed E-state index contributed by atoms with van der Waals surface area (Å²) in [5.41, 5.74) is -0.136. The van der Waals surface area contributed by atoms with Crippen LogP contribution >= 0.6 is 9.39 Å². The summed E-state index contributed by atoms with van der Waals surface area (Å²) in [5, 5.41) is 9.38. The summed E-state index contributed by atoms with van der Waals surface area (Å²) in [7, 11) is 3.66. The maximum atomic E-state index is 11.4. The number of hydroxylamine groups is 1. The highest BCUT2D eigenvalue weighted by molar-refractivity contribution is 7.12. The molecule has 0 aromatic heterocycles. The Hall–Kier alpha value is -0.180. The zero-order chi connectivity index (χ0) is 12.3. The molecule has 16 heavy (non-hydrogen) atoms. The van der Waals surface area contributed by atoms with Gasteiger partial charge in [0.1, 0.15) is 0 Å². The van der Waals surface area contributed by atoms with Gasteiger partial charge in [0.05, 0.1) is 13.5 Å². The third-order valence-electron chi connectivity index (χ3n) is 3.73. The SMILES string of the molecule is COC(=O)CC1(CN(O)P)CC(C)C(C)C1. The van der Waals surface area contributed by atoms with E-state index in [1.54, 1.807) is 0 Å². The molecule has 1 saturated carbocycles. The van der Waals surface area contributed by atoms with Crippen LogP contribution in [0, 0.1) is 17.3 Å². The average Bonchev–Trinajstić information content (AvgIpc) is 2.40. The molecule has 0 bridgehead atoms. The Labute approximate surface area is 99.6 Å². The minimum atomic E-state index is -0.187. The highest BCUT2D eigenvalue weighted by Crippen LogP contribution is 2.48. The van der Waals surface area contributed by atoms with Crippen molar-refractivity contribution in [3.8, 4) is 0 Å². The van der Waals surface area contributed by atoms with Crippen LogP contribution in [0.1, 0.15) is 33.1 Å². The molecule has 0 saturated heterocycles. The van der Waals surface area contributed by atoms with Gasteiger partial charge < -0.3 is 9.94 Å². The van der Waals surface area contributed by atoms with E-state index in [1.165, 1.54) is 7.11 Å². The van der Waals surface area contributed by atoms with Crippen molar-refractivity contribution in [2.75, 3.05) is 13.7 Å². The molecule has 5 heteroatoms. The van der Waals surface area contributed by atoms with Gasteiger partial charge in [0.2, 0.25) is 0 Å². The lowest BCUT2D eigenvalue weighted by atomic mass is 9.81. The fraction of sp³-hybridized carbons (Fsp3) is 0.909. The summed E-state index contributed by atoms with van der Waals surface area (Å²) in [6, 6.07) is 0. The molecular weight excluding hydrogens is 225 g/mol. The maximum absolute atomic E-state index is 11.4. The van der Waals surface area contributed by atoms with Gasteiger partial charge in [-0.15, -0.1) is 0 Å². The molecule has 0 spiro atoms. The first-order valence-corrected chi connectivity index (χ1v) is 6.18. The van der Waals surface area contributed by atoms with Crippen molar-refractivity contribution in [3.05, 3.63) is 0 Å². The van der Waals surface area contributed by atoms with E-state index in [-0.39, 0.29) is 11.4 Å². The van der Waals surface area contributed by atoms with Crippen LogP contribution in [0.3, 0.4) is 0 Å². The molecule has 0 aromatic rings. The zero-order valence-electron chi connectivity index (χ0n) is 10.3. The molecular formula is C11H22NO3P. The van der Waals surface area contributed by atoms with Gasteiger partial charge in [-0.25, -0.2) is 0 Å². The highest BCUT2D eigenvalue weighted by atomic mass is 31.0. The normalized spacial score (nSPS) is 34.4. The van der Waals surface area contributed by atoms with Crippen molar-refractivity contribution < 1.29 is 14.7 Å². The smallest absolute Gasteiger partial charge is 0.306 e. The molecule has 1 aliphatic carbocycles. The quantitative estimate of drug-likeness (QED) is 0.469. The topological polar surface area (TPSA) is 49.8 Å². The van der Waals surface area contributed by atoms with Crippen LogP contribution in [0.2, 0.25) is 0 Å². The lowest BCUT2D eigenvalue weighted by Gasteiger charge is -2.30. The summed E-state index contributed by atoms with van der Waals surface area (Å²) in [6.07, 6.45) is 2.33. The number of carbonyl (C=O) groups is 1. The number of ether oxygens (including phenoxy) is 1. The van der Waals surface area contributed by atoms with E-state index >= 15 is 0 Å². The van der Waals surface area contributed by atoms with Crippen LogP contribution in [0.4, 0.5) is 0 Å². The van der Waals surface area contributed by atoms with E-state index in [0.29, 0.717) is 24.8 Å². The lowest BCUT2D eigenvalue weighted by molar-refractivity contribution is -0.144. The van der Waals surface area contributed by atoms with Gasteiger partial charge in [-0.1, -0.05) is 13.8 Å². The number of esters is 1. The fourth-order valence-corrected chi connectivity index (χ4v) is 3.29. The highest BCUT2D eigenvalue weighted by Gasteiger charge is 2.43. The Morgan fingerprint density at radius 1 is 1.50 bits per heavy atom. The van der Waals surface area contributed by atoms with E-state index in [9.17, 15) is 10.0 Å². The predicted octanol–water partition coefficient (Wildman–Crippen LogP) is 2.08. The molecule has 1 rings (SSSR count). The first kappa shape index (κ1) is 13.9. The molecule has 0 amide bonds. The van der Waals surface area contributed by atoms with Gasteiger partial charge >= 0.3 is 5.97 Å². The van der Waals surface area contributed by atoms with Gasteiger partial charge in [0, 0.05) is 6.54 Å². The van der Waals surface area contributed by atoms with Crippen LogP contribution in [-0.4, -0.2) is 29.7 Å². The van der Waals surface area contributed by atoms with Crippen LogP contribution < -0.4 is 0 Å². The van der Waals surface area contributed by atoms with Crippen LogP contribution in [0.15, 0.2) is 0 Å². The molecule has 0 heterocycles. The standard InChI is InChI=1S/C11H22NO3P/c1-8-4-11(5-9(8)2,7-12(14)16)6-10(13)15-3/h8-9,14H,4-7,16H2,1-3H3. The molecule has 4 nitrogen and oxygen atoms in total. The van der Waals surface area contributed by atoms with E-state index in [0.717, 1.165) is 17.7 Å². The molecule has 0 aromatic carbocycles. The van der Waals surface area contributed by atoms with Crippen LogP contribution in [0.5, 0.6) is 0 Å². The van der Waals surface area contributed by atoms with Crippen LogP contribution in [-0.2, 0) is 9.53 Å². The van der Waals surface area contributed by atoms with Gasteiger partial charge in [0.25, 0.3) is 0 Å². The second kappa shape index (κ2) is 5.44. The predicted molar refractivity (Wildman–Crippen MR) is 64.8 cm³/mol. The summed E-state index contributed by atoms with van der Waals surface area (Å²) in [4.78, 5) is 12.5. The number of hydrogen-bond acceptors (Lipinski definition) is 4. The van der Waals surface area contributed by atoms with Crippen molar-refractivity contribution in [1.82, 2.24) is 4.83 Å². The average molecular weight is 247 g/mol. The Morgan fingerprint density at radius 2 is 2.00 bits per heavy atom. The summed E-state index contributed by atoms with van der Waals surface area (Å²) in [5.74, 6) is 0.998. The maximum Gasteiger partial charge on any atom is 0.306 e. The Morgan fingerprint density at radius 3 is 2.38 bits per heavy atom. The fourth-order valence-electron chi connectivity index (χ4n) is 2.90. The van der Waals surface area contributed by atoms with Crippen LogP contribution in [0.25, 0.3) is 0 Å². The molecule has 94 valence electrons. The molecule has 1 fully saturated rings. The number of hydrogen-bond donors (Lipinski definition) is 1. The second-order valence-electron chi connectivity index (χ2n) is 5.21. The van der Waals surface area contributed by atoms with Crippen molar-refractivity contribution >= 4 is 15.4 Å². The molecule has 3 atom stereocenters. The van der Waals surface area contributed by atoms with E-state index < -0.39 is 0 Å². The summed E-state index contributed by atoms with van der Waals surface area (Å²) < 4.78 is 4.74. The minimum absolute atomic E-state index is 0.136. The number of nitrogens with zero attached hydrogens (tertiary/aromatic N) is 1. The number of carbonyl (C=O) groups excluding carboxylic acids is 1. The van der Waals surface area contributed by atoms with Gasteiger partial charge in [0.15, 0.2) is 0 Å². The third-order valence-corrected chi connectivity index (χ3v) is 3.91. The molecule has 1 N–H and O–H groups in total. The van der Waals surface area contributed by atoms with Crippen molar-refractivity contribution in [3.63, 3.8) is 0 Å². The monoisotopic (exact) mass is 247 g/mol. The zero-order valence-corrected chi connectivity index (χ0v) is 11.4. The van der Waals surface area contributed by atoms with Gasteiger partial charge in [-0.2, -0.15) is 4.83 Å². The largest absolute Gasteiger partial charge is 0.469 e. The van der Waals surface area contributed by atoms with Crippen molar-refractivity contribution in [2.24, 2.45) is 17.3 Å². The van der Waals surface area contributed by atoms with Crippen molar-refractivity contribution in [1.29, 1.82) is 0 Å². The summed E-state index contributed by atoms with van der Waals surface area (Å²) >= 11 is 0. The van der Waals surface area contributed by atoms with E-state index in [2.05, 4.69) is 23.2 Å². The minimum Gasteiger partial charge on any atom is -0.469 e. The Kier molecular flexibility index (Phi) is 4.72. The Bertz CT molecular complexity index is 242. The first-order chi connectivity index (χ1) is 7.38. The second-order valence-corrected chi connectivity index (χ2v) is 5.81. The molecule has 3 unspecified atom stereocenters. The number of methoxy groups -OCH3 is 1. The van der Waals surface area contributed by atoms with Gasteiger partial charge in [-0.05, 0) is 39.5 Å².